The van der Waals surface area contributed by atoms with E-state index < -0.39 is 0 Å². The van der Waals surface area contributed by atoms with E-state index in [2.05, 4.69) is 116 Å². The second kappa shape index (κ2) is 28.9. The van der Waals surface area contributed by atoms with Crippen LogP contribution in [0.2, 0.25) is 20.1 Å². The zero-order valence-electron chi connectivity index (χ0n) is 43.0. The topological polar surface area (TPSA) is 151 Å². The molecule has 0 unspecified atom stereocenters. The van der Waals surface area contributed by atoms with E-state index in [9.17, 15) is 9.59 Å². The first-order valence-corrected chi connectivity index (χ1v) is 27.3. The predicted molar refractivity (Wildman–Crippen MR) is 304 cm³/mol. The lowest BCUT2D eigenvalue weighted by Crippen LogP contribution is -2.31. The Balaban J connectivity index is 0.597. The molecular formula is C58H66Cl4N8O6. The predicted octanol–water partition coefficient (Wildman–Crippen LogP) is 10.2. The molecule has 2 atom stereocenters. The summed E-state index contributed by atoms with van der Waals surface area (Å²) in [5.41, 5.74) is 11.3. The molecule has 14 nitrogen and oxygen atoms in total. The van der Waals surface area contributed by atoms with Crippen molar-refractivity contribution in [2.75, 3.05) is 117 Å². The Kier molecular flexibility index (Phi) is 21.6. The van der Waals surface area contributed by atoms with Crippen molar-refractivity contribution in [3.63, 3.8) is 0 Å². The number of nitrogens with zero attached hydrogens (tertiary/aromatic N) is 4. The van der Waals surface area contributed by atoms with Crippen LogP contribution < -0.4 is 21.3 Å². The van der Waals surface area contributed by atoms with Gasteiger partial charge in [0.05, 0.1) is 52.9 Å². The summed E-state index contributed by atoms with van der Waals surface area (Å²) >= 11 is 26.1. The number of amides is 2. The van der Waals surface area contributed by atoms with Crippen LogP contribution in [0, 0.1) is 0 Å². The number of benzene rings is 4. The van der Waals surface area contributed by atoms with E-state index >= 15 is 0 Å². The summed E-state index contributed by atoms with van der Waals surface area (Å²) < 4.78 is 22.6. The number of hydrogen-bond donors (Lipinski definition) is 4. The van der Waals surface area contributed by atoms with Gasteiger partial charge in [-0.15, -0.1) is 0 Å². The zero-order chi connectivity index (χ0) is 53.2. The van der Waals surface area contributed by atoms with Gasteiger partial charge in [-0.1, -0.05) is 94.9 Å². The molecule has 18 heteroatoms. The summed E-state index contributed by atoms with van der Waals surface area (Å²) in [5, 5.41) is 14.9. The molecule has 6 aromatic rings. The van der Waals surface area contributed by atoms with E-state index in [1.54, 1.807) is 0 Å². The van der Waals surface area contributed by atoms with Gasteiger partial charge in [0.15, 0.2) is 0 Å². The molecule has 0 saturated carbocycles. The van der Waals surface area contributed by atoms with E-state index in [-0.39, 0.29) is 36.5 Å². The molecule has 0 spiro atoms. The first kappa shape index (κ1) is 56.8. The van der Waals surface area contributed by atoms with Gasteiger partial charge in [0.1, 0.15) is 11.6 Å². The van der Waals surface area contributed by atoms with Crippen LogP contribution in [0.1, 0.15) is 58.1 Å². The SMILES string of the molecule is CN1Cc2c(Cl)cc(Cl)cc2[C@H](c2cccc(-c3ccc(NCCOCCOCCNC(=O)CCC(=O)NCCOCCOCCNc4ccc(-c5cccc([C@@H]6CN(C)Cc7c(Cl)cc(Cl)cc76)c5)cn4)nc3)c2)C1. The van der Waals surface area contributed by atoms with Crippen LogP contribution in [-0.2, 0) is 41.6 Å². The van der Waals surface area contributed by atoms with Crippen LogP contribution in [0.4, 0.5) is 11.6 Å². The molecule has 76 heavy (non-hydrogen) atoms. The van der Waals surface area contributed by atoms with Gasteiger partial charge in [-0.25, -0.2) is 9.97 Å². The maximum absolute atomic E-state index is 12.2. The van der Waals surface area contributed by atoms with Crippen molar-refractivity contribution >= 4 is 69.9 Å². The summed E-state index contributed by atoms with van der Waals surface area (Å²) in [6, 6.07) is 33.0. The molecule has 4 N–H and O–H groups in total. The van der Waals surface area contributed by atoms with Gasteiger partial charge in [0.25, 0.3) is 0 Å². The first-order chi connectivity index (χ1) is 37.0. The van der Waals surface area contributed by atoms with E-state index in [4.69, 9.17) is 65.4 Å². The lowest BCUT2D eigenvalue weighted by atomic mass is 9.84. The van der Waals surface area contributed by atoms with Gasteiger partial charge in [0, 0.05) is 121 Å². The second-order valence-electron chi connectivity index (χ2n) is 19.0. The quantitative estimate of drug-likeness (QED) is 0.0364. The Morgan fingerprint density at radius 2 is 0.921 bits per heavy atom. The van der Waals surface area contributed by atoms with Crippen molar-refractivity contribution in [3.05, 3.63) is 163 Å². The third-order valence-corrected chi connectivity index (χ3v) is 14.4. The van der Waals surface area contributed by atoms with Crippen LogP contribution in [0.25, 0.3) is 22.3 Å². The van der Waals surface area contributed by atoms with Crippen molar-refractivity contribution in [3.8, 4) is 22.3 Å². The van der Waals surface area contributed by atoms with Crippen molar-refractivity contribution < 1.29 is 28.5 Å². The summed E-state index contributed by atoms with van der Waals surface area (Å²) in [5.74, 6) is 1.42. The maximum atomic E-state index is 12.2. The fourth-order valence-electron chi connectivity index (χ4n) is 9.55. The Morgan fingerprint density at radius 3 is 1.32 bits per heavy atom. The van der Waals surface area contributed by atoms with Crippen molar-refractivity contribution in [2.45, 2.75) is 37.8 Å². The fraction of sp³-hybridized carbons (Fsp3) is 0.379. The van der Waals surface area contributed by atoms with Gasteiger partial charge in [-0.05, 0) is 107 Å². The molecule has 2 amide bonds. The van der Waals surface area contributed by atoms with Crippen molar-refractivity contribution in [1.82, 2.24) is 30.4 Å². The smallest absolute Gasteiger partial charge is 0.220 e. The molecule has 4 heterocycles. The minimum absolute atomic E-state index is 0.0874. The number of pyridine rings is 2. The number of nitrogens with one attached hydrogen (secondary N) is 4. The van der Waals surface area contributed by atoms with Gasteiger partial charge in [-0.3, -0.25) is 9.59 Å². The lowest BCUT2D eigenvalue weighted by Gasteiger charge is -2.33. The van der Waals surface area contributed by atoms with Gasteiger partial charge < -0.3 is 50.0 Å². The molecule has 0 saturated heterocycles. The standard InChI is InChI=1S/C58H66Cl4N8O6/c1-69-35-49(47-29-45(59)31-53(61)51(47)37-69)41-7-3-5-39(27-41)43-9-11-55(67-33-43)63-15-19-73-23-25-75-21-17-65-57(71)13-14-58(72)66-18-22-76-26-24-74-20-16-64-56-12-10-44(34-68-56)40-6-4-8-42(28-40)50-36-70(2)38-52-48(50)30-46(60)32-54(52)62/h3-12,27-34,49-50H,13-26,35-38H2,1-2H3,(H,63,67)(H,64,68)(H,65,71)(H,66,72)/t49-,50-/m0/s1. The number of carbonyl (C=O) groups excluding carboxylic acids is 2. The van der Waals surface area contributed by atoms with Crippen LogP contribution in [0.5, 0.6) is 0 Å². The number of likely N-dealkylation sites (N-methyl/N-ethyl adjacent to an activating group) is 2. The summed E-state index contributed by atoms with van der Waals surface area (Å²) in [6.45, 7) is 8.50. The van der Waals surface area contributed by atoms with Crippen LogP contribution in [0.15, 0.2) is 109 Å². The highest BCUT2D eigenvalue weighted by Gasteiger charge is 2.29. The molecule has 0 aliphatic carbocycles. The number of halogens is 4. The summed E-state index contributed by atoms with van der Waals surface area (Å²) in [4.78, 5) is 38.3. The van der Waals surface area contributed by atoms with Gasteiger partial charge >= 0.3 is 0 Å². The molecule has 4 aromatic carbocycles. The third-order valence-electron chi connectivity index (χ3n) is 13.3. The summed E-state index contributed by atoms with van der Waals surface area (Å²) in [7, 11) is 4.23. The molecular weight excluding hydrogens is 1050 g/mol. The monoisotopic (exact) mass is 1110 g/mol. The Morgan fingerprint density at radius 1 is 0.513 bits per heavy atom. The average molecular weight is 1110 g/mol. The van der Waals surface area contributed by atoms with Crippen molar-refractivity contribution in [1.29, 1.82) is 0 Å². The number of rotatable bonds is 27. The molecule has 2 aliphatic rings. The van der Waals surface area contributed by atoms with Crippen LogP contribution in [-0.4, -0.2) is 138 Å². The average Bonchev–Trinajstić information content (AvgIpc) is 3.42. The number of fused-ring (bicyclic) bond motifs is 2. The molecule has 0 radical (unpaired) electrons. The molecule has 0 fully saturated rings. The zero-order valence-corrected chi connectivity index (χ0v) is 46.0. The molecule has 8 rings (SSSR count). The number of hydrogen-bond acceptors (Lipinski definition) is 12. The minimum atomic E-state index is -0.212. The molecule has 402 valence electrons. The normalized spacial score (nSPS) is 15.4. The van der Waals surface area contributed by atoms with E-state index in [1.807, 2.05) is 48.8 Å². The highest BCUT2D eigenvalue weighted by atomic mass is 35.5. The number of carbonyl (C=O) groups is 2. The highest BCUT2D eigenvalue weighted by molar-refractivity contribution is 6.35. The Hall–Kier alpha value is -5.36. The van der Waals surface area contributed by atoms with Crippen molar-refractivity contribution in [2.24, 2.45) is 0 Å². The van der Waals surface area contributed by atoms with Crippen LogP contribution in [0.3, 0.4) is 0 Å². The molecule has 0 bridgehead atoms. The number of aromatic nitrogens is 2. The van der Waals surface area contributed by atoms with E-state index in [0.29, 0.717) is 99.1 Å². The minimum Gasteiger partial charge on any atom is -0.377 e. The summed E-state index contributed by atoms with van der Waals surface area (Å²) in [6.07, 6.45) is 3.93. The van der Waals surface area contributed by atoms with Gasteiger partial charge in [-0.2, -0.15) is 0 Å². The Bertz CT molecular complexity index is 2670. The molecule has 2 aromatic heterocycles. The fourth-order valence-corrected chi connectivity index (χ4v) is 10.7. The van der Waals surface area contributed by atoms with E-state index in [0.717, 1.165) is 71.2 Å². The maximum Gasteiger partial charge on any atom is 0.220 e. The number of ether oxygens (including phenoxy) is 4. The molecule has 2 aliphatic heterocycles. The number of anilines is 2. The highest BCUT2D eigenvalue weighted by Crippen LogP contribution is 2.41. The van der Waals surface area contributed by atoms with Gasteiger partial charge in [0.2, 0.25) is 11.8 Å². The first-order valence-electron chi connectivity index (χ1n) is 25.7. The van der Waals surface area contributed by atoms with E-state index in [1.165, 1.54) is 22.3 Å². The second-order valence-corrected chi connectivity index (χ2v) is 20.7. The van der Waals surface area contributed by atoms with Crippen LogP contribution >= 0.6 is 46.4 Å². The third kappa shape index (κ3) is 16.6. The Labute approximate surface area is 466 Å². The largest absolute Gasteiger partial charge is 0.377 e. The lowest BCUT2D eigenvalue weighted by molar-refractivity contribution is -0.126.